The molecule has 1 atom stereocenters. The van der Waals surface area contributed by atoms with Crippen LogP contribution in [-0.4, -0.2) is 25.3 Å². The summed E-state index contributed by atoms with van der Waals surface area (Å²) in [5.41, 5.74) is 5.51. The second kappa shape index (κ2) is 5.64. The molecule has 19 heavy (non-hydrogen) atoms. The lowest BCUT2D eigenvalue weighted by Gasteiger charge is -2.33. The normalized spacial score (nSPS) is 21.7. The maximum atomic E-state index is 12.7. The highest BCUT2D eigenvalue weighted by Gasteiger charge is 2.34. The summed E-state index contributed by atoms with van der Waals surface area (Å²) in [5, 5.41) is 0. The summed E-state index contributed by atoms with van der Waals surface area (Å²) in [5.74, 6) is 0.946. The predicted molar refractivity (Wildman–Crippen MR) is 73.2 cm³/mol. The largest absolute Gasteiger partial charge is 0.464 e. The van der Waals surface area contributed by atoms with E-state index < -0.39 is 10.0 Å². The molecular weight excluding hydrogens is 264 g/mol. The van der Waals surface area contributed by atoms with Crippen molar-refractivity contribution in [2.75, 3.05) is 6.54 Å². The fourth-order valence-corrected chi connectivity index (χ4v) is 4.66. The second-order valence-electron chi connectivity index (χ2n) is 5.01. The molecule has 1 aromatic rings. The topological polar surface area (TPSA) is 76.5 Å². The molecule has 2 N–H and O–H groups in total. The lowest BCUT2D eigenvalue weighted by atomic mass is 10.0. The number of rotatable bonds is 4. The standard InChI is InChI=1S/C13H22N2O3S/c1-3-11-6-4-5-7-15(11)19(16,17)13-8-12(9-14)18-10(13)2/h8,11H,3-7,9,14H2,1-2H3. The van der Waals surface area contributed by atoms with Gasteiger partial charge in [0.2, 0.25) is 10.0 Å². The predicted octanol–water partition coefficient (Wildman–Crippen LogP) is 2.00. The summed E-state index contributed by atoms with van der Waals surface area (Å²) in [4.78, 5) is 0.272. The first-order chi connectivity index (χ1) is 9.00. The SMILES string of the molecule is CCC1CCCCN1S(=O)(=O)c1cc(CN)oc1C. The van der Waals surface area contributed by atoms with Gasteiger partial charge in [-0.1, -0.05) is 13.3 Å². The Bertz CT molecular complexity index is 536. The summed E-state index contributed by atoms with van der Waals surface area (Å²) in [6.07, 6.45) is 3.82. The number of aryl methyl sites for hydroxylation is 1. The third-order valence-electron chi connectivity index (χ3n) is 3.76. The van der Waals surface area contributed by atoms with Gasteiger partial charge in [-0.15, -0.1) is 0 Å². The fourth-order valence-electron chi connectivity index (χ4n) is 2.71. The molecule has 1 unspecified atom stereocenters. The Balaban J connectivity index is 2.37. The maximum Gasteiger partial charge on any atom is 0.246 e. The molecule has 0 saturated carbocycles. The van der Waals surface area contributed by atoms with Crippen LogP contribution in [0.4, 0.5) is 0 Å². The van der Waals surface area contributed by atoms with Crippen LogP contribution in [0.5, 0.6) is 0 Å². The molecule has 1 aromatic heterocycles. The summed E-state index contributed by atoms with van der Waals surface area (Å²) in [6, 6.07) is 1.67. The first-order valence-electron chi connectivity index (χ1n) is 6.82. The zero-order valence-corrected chi connectivity index (χ0v) is 12.4. The molecule has 108 valence electrons. The zero-order chi connectivity index (χ0) is 14.0. The van der Waals surface area contributed by atoms with Crippen LogP contribution in [0, 0.1) is 6.92 Å². The van der Waals surface area contributed by atoms with Crippen molar-refractivity contribution in [1.82, 2.24) is 4.31 Å². The molecule has 1 fully saturated rings. The lowest BCUT2D eigenvalue weighted by Crippen LogP contribution is -2.43. The Morgan fingerprint density at radius 1 is 1.47 bits per heavy atom. The molecule has 2 rings (SSSR count). The van der Waals surface area contributed by atoms with Crippen molar-refractivity contribution in [2.45, 2.75) is 57.0 Å². The van der Waals surface area contributed by atoms with Gasteiger partial charge in [0.25, 0.3) is 0 Å². The molecule has 1 aliphatic heterocycles. The average Bonchev–Trinajstić information content (AvgIpc) is 2.80. The molecular formula is C13H22N2O3S. The second-order valence-corrected chi connectivity index (χ2v) is 6.87. The number of nitrogens with zero attached hydrogens (tertiary/aromatic N) is 1. The van der Waals surface area contributed by atoms with Gasteiger partial charge in [-0.05, 0) is 26.2 Å². The van der Waals surface area contributed by atoms with E-state index in [1.165, 1.54) is 0 Å². The van der Waals surface area contributed by atoms with Gasteiger partial charge in [0.05, 0.1) is 6.54 Å². The molecule has 1 aliphatic rings. The van der Waals surface area contributed by atoms with E-state index in [9.17, 15) is 8.42 Å². The van der Waals surface area contributed by atoms with E-state index in [0.717, 1.165) is 25.7 Å². The van der Waals surface area contributed by atoms with Crippen molar-refractivity contribution in [3.63, 3.8) is 0 Å². The van der Waals surface area contributed by atoms with Crippen LogP contribution in [-0.2, 0) is 16.6 Å². The Morgan fingerprint density at radius 2 is 2.21 bits per heavy atom. The van der Waals surface area contributed by atoms with Gasteiger partial charge in [-0.2, -0.15) is 4.31 Å². The van der Waals surface area contributed by atoms with Crippen LogP contribution >= 0.6 is 0 Å². The minimum absolute atomic E-state index is 0.106. The van der Waals surface area contributed by atoms with Crippen LogP contribution in [0.3, 0.4) is 0 Å². The van der Waals surface area contributed by atoms with E-state index in [-0.39, 0.29) is 17.5 Å². The Morgan fingerprint density at radius 3 is 2.79 bits per heavy atom. The van der Waals surface area contributed by atoms with Gasteiger partial charge in [-0.25, -0.2) is 8.42 Å². The van der Waals surface area contributed by atoms with Crippen molar-refractivity contribution in [2.24, 2.45) is 5.73 Å². The van der Waals surface area contributed by atoms with Gasteiger partial charge >= 0.3 is 0 Å². The van der Waals surface area contributed by atoms with Crippen molar-refractivity contribution < 1.29 is 12.8 Å². The highest BCUT2D eigenvalue weighted by atomic mass is 32.2. The minimum atomic E-state index is -3.46. The van der Waals surface area contributed by atoms with Crippen LogP contribution in [0.2, 0.25) is 0 Å². The smallest absolute Gasteiger partial charge is 0.246 e. The summed E-state index contributed by atoms with van der Waals surface area (Å²) in [6.45, 7) is 4.53. The van der Waals surface area contributed by atoms with Crippen molar-refractivity contribution in [3.8, 4) is 0 Å². The third-order valence-corrected chi connectivity index (χ3v) is 5.81. The molecule has 6 heteroatoms. The van der Waals surface area contributed by atoms with Crippen molar-refractivity contribution >= 4 is 10.0 Å². The molecule has 0 amide bonds. The molecule has 0 radical (unpaired) electrons. The van der Waals surface area contributed by atoms with Crippen LogP contribution in [0.15, 0.2) is 15.4 Å². The van der Waals surface area contributed by atoms with E-state index in [0.29, 0.717) is 18.1 Å². The molecule has 5 nitrogen and oxygen atoms in total. The minimum Gasteiger partial charge on any atom is -0.464 e. The van der Waals surface area contributed by atoms with Crippen LogP contribution in [0.25, 0.3) is 0 Å². The quantitative estimate of drug-likeness (QED) is 0.918. The molecule has 0 aromatic carbocycles. The number of hydrogen-bond acceptors (Lipinski definition) is 4. The number of sulfonamides is 1. The first-order valence-corrected chi connectivity index (χ1v) is 8.26. The number of hydrogen-bond donors (Lipinski definition) is 1. The Labute approximate surface area is 114 Å². The van der Waals surface area contributed by atoms with Gasteiger partial charge in [0.15, 0.2) is 0 Å². The van der Waals surface area contributed by atoms with Gasteiger partial charge in [-0.3, -0.25) is 0 Å². The molecule has 0 aliphatic carbocycles. The summed E-state index contributed by atoms with van der Waals surface area (Å²) in [7, 11) is -3.46. The van der Waals surface area contributed by atoms with E-state index >= 15 is 0 Å². The van der Waals surface area contributed by atoms with E-state index in [1.807, 2.05) is 6.92 Å². The highest BCUT2D eigenvalue weighted by molar-refractivity contribution is 7.89. The number of nitrogens with two attached hydrogens (primary N) is 1. The fraction of sp³-hybridized carbons (Fsp3) is 0.692. The van der Waals surface area contributed by atoms with E-state index in [2.05, 4.69) is 0 Å². The number of furan rings is 1. The van der Waals surface area contributed by atoms with E-state index in [4.69, 9.17) is 10.2 Å². The lowest BCUT2D eigenvalue weighted by molar-refractivity contribution is 0.246. The molecule has 1 saturated heterocycles. The zero-order valence-electron chi connectivity index (χ0n) is 11.6. The summed E-state index contributed by atoms with van der Waals surface area (Å²) < 4.78 is 32.5. The van der Waals surface area contributed by atoms with Crippen molar-refractivity contribution in [3.05, 3.63) is 17.6 Å². The Kier molecular flexibility index (Phi) is 4.32. The van der Waals surface area contributed by atoms with Gasteiger partial charge in [0.1, 0.15) is 16.4 Å². The maximum absolute atomic E-state index is 12.7. The van der Waals surface area contributed by atoms with Crippen LogP contribution in [0.1, 0.15) is 44.1 Å². The highest BCUT2D eigenvalue weighted by Crippen LogP contribution is 2.29. The van der Waals surface area contributed by atoms with Gasteiger partial charge < -0.3 is 10.2 Å². The number of piperidine rings is 1. The monoisotopic (exact) mass is 286 g/mol. The molecule has 0 spiro atoms. The average molecular weight is 286 g/mol. The molecule has 0 bridgehead atoms. The van der Waals surface area contributed by atoms with E-state index in [1.54, 1.807) is 17.3 Å². The third kappa shape index (κ3) is 2.70. The summed E-state index contributed by atoms with van der Waals surface area (Å²) >= 11 is 0. The van der Waals surface area contributed by atoms with Gasteiger partial charge in [0, 0.05) is 18.7 Å². The molecule has 2 heterocycles. The Hall–Kier alpha value is -0.850. The van der Waals surface area contributed by atoms with Crippen molar-refractivity contribution in [1.29, 1.82) is 0 Å². The first kappa shape index (κ1) is 14.6. The van der Waals surface area contributed by atoms with Crippen LogP contribution < -0.4 is 5.73 Å².